The number of nitrogens with one attached hydrogen (secondary N) is 4. The Morgan fingerprint density at radius 3 is 2.08 bits per heavy atom. The first kappa shape index (κ1) is 40.8. The molecule has 1 heterocycles. The average Bonchev–Trinajstić information content (AvgIpc) is 3.31. The second-order valence-electron chi connectivity index (χ2n) is 17.1. The number of nitrogens with zero attached hydrogens (tertiary/aromatic N) is 1. The first-order chi connectivity index (χ1) is 23.0. The summed E-state index contributed by atoms with van der Waals surface area (Å²) in [6.45, 7) is 14.9. The number of piperidine rings is 1. The van der Waals surface area contributed by atoms with Crippen molar-refractivity contribution in [2.45, 2.75) is 135 Å². The summed E-state index contributed by atoms with van der Waals surface area (Å²) in [7, 11) is -3.58. The SMILES string of the molecule is C#CCCC(NC(=O)[C@@H]1C2C(CN1C(=O)C(CC(C)(C)C)NC(=O)NC1(CS(=O)(=O)C(C)(C)C)CCCCC1)C2(C)C)C(=O)C(=O)NCC#C. The van der Waals surface area contributed by atoms with Crippen LogP contribution in [0.5, 0.6) is 0 Å². The van der Waals surface area contributed by atoms with Crippen LogP contribution in [0.15, 0.2) is 0 Å². The fourth-order valence-corrected chi connectivity index (χ4v) is 9.03. The van der Waals surface area contributed by atoms with E-state index in [4.69, 9.17) is 12.8 Å². The molecule has 13 heteroatoms. The minimum atomic E-state index is -3.58. The van der Waals surface area contributed by atoms with Gasteiger partial charge in [-0.3, -0.25) is 19.2 Å². The normalized spacial score (nSPS) is 23.6. The van der Waals surface area contributed by atoms with E-state index >= 15 is 0 Å². The number of carbonyl (C=O) groups is 5. The van der Waals surface area contributed by atoms with E-state index in [1.807, 2.05) is 34.6 Å². The van der Waals surface area contributed by atoms with E-state index in [2.05, 4.69) is 33.1 Å². The average molecular weight is 716 g/mol. The van der Waals surface area contributed by atoms with Crippen molar-refractivity contribution in [3.63, 3.8) is 0 Å². The molecular weight excluding hydrogens is 659 g/mol. The summed E-state index contributed by atoms with van der Waals surface area (Å²) < 4.78 is 25.6. The molecule has 2 aliphatic carbocycles. The van der Waals surface area contributed by atoms with Gasteiger partial charge in [-0.05, 0) is 69.1 Å². The molecule has 0 aromatic heterocycles. The molecule has 0 aromatic carbocycles. The van der Waals surface area contributed by atoms with Gasteiger partial charge >= 0.3 is 6.03 Å². The number of likely N-dealkylation sites (tertiary alicyclic amines) is 1. The third-order valence-electron chi connectivity index (χ3n) is 10.6. The van der Waals surface area contributed by atoms with Crippen LogP contribution in [0.1, 0.15) is 107 Å². The van der Waals surface area contributed by atoms with Crippen LogP contribution in [0.3, 0.4) is 0 Å². The molecule has 3 aliphatic rings. The maximum Gasteiger partial charge on any atom is 0.315 e. The second-order valence-corrected chi connectivity index (χ2v) is 19.8. The van der Waals surface area contributed by atoms with Gasteiger partial charge < -0.3 is 26.2 Å². The monoisotopic (exact) mass is 715 g/mol. The van der Waals surface area contributed by atoms with Gasteiger partial charge in [-0.1, -0.05) is 59.8 Å². The molecule has 2 saturated carbocycles. The number of fused-ring (bicyclic) bond motifs is 1. The lowest BCUT2D eigenvalue weighted by molar-refractivity contribution is -0.144. The number of ketones is 1. The van der Waals surface area contributed by atoms with E-state index in [1.165, 1.54) is 4.90 Å². The lowest BCUT2D eigenvalue weighted by atomic mass is 9.83. The Morgan fingerprint density at radius 2 is 1.54 bits per heavy atom. The number of urea groups is 1. The molecular formula is C37H57N5O7S. The van der Waals surface area contributed by atoms with Crippen molar-refractivity contribution in [2.75, 3.05) is 18.8 Å². The largest absolute Gasteiger partial charge is 0.344 e. The van der Waals surface area contributed by atoms with Crippen LogP contribution in [0.4, 0.5) is 4.79 Å². The Bertz CT molecular complexity index is 1520. The van der Waals surface area contributed by atoms with Crippen molar-refractivity contribution in [2.24, 2.45) is 22.7 Å². The number of rotatable bonds is 13. The Balaban J connectivity index is 1.88. The first-order valence-electron chi connectivity index (χ1n) is 17.6. The van der Waals surface area contributed by atoms with E-state index in [0.29, 0.717) is 12.8 Å². The highest BCUT2D eigenvalue weighted by molar-refractivity contribution is 7.92. The third-order valence-corrected chi connectivity index (χ3v) is 13.4. The fraction of sp³-hybridized carbons (Fsp3) is 0.757. The van der Waals surface area contributed by atoms with Crippen LogP contribution in [-0.2, 0) is 29.0 Å². The molecule has 0 bridgehead atoms. The number of Topliss-reactive ketones (excluding diaryl/α,β-unsaturated/α-hetero) is 1. The molecule has 1 aliphatic heterocycles. The van der Waals surface area contributed by atoms with E-state index in [0.717, 1.165) is 19.3 Å². The van der Waals surface area contributed by atoms with Crippen molar-refractivity contribution in [3.05, 3.63) is 0 Å². The lowest BCUT2D eigenvalue weighted by Gasteiger charge is -2.40. The Labute approximate surface area is 298 Å². The predicted octanol–water partition coefficient (Wildman–Crippen LogP) is 2.71. The summed E-state index contributed by atoms with van der Waals surface area (Å²) in [6, 6.07) is -3.84. The highest BCUT2D eigenvalue weighted by Crippen LogP contribution is 2.65. The summed E-state index contributed by atoms with van der Waals surface area (Å²) in [6.07, 6.45) is 14.5. The molecule has 278 valence electrons. The number of hydrogen-bond donors (Lipinski definition) is 4. The summed E-state index contributed by atoms with van der Waals surface area (Å²) in [5, 5.41) is 10.9. The standard InChI is InChI=1S/C37H57N5O7S/c1-11-13-17-25(29(43)31(45)38-20-12-2)39-30(44)28-27-24(36(27,9)10)22-42(28)32(46)26(21-34(3,4)5)40-33(47)41-37(18-15-14-16-19-37)23-50(48,49)35(6,7)8/h1-2,24-28H,13-23H2,3-10H3,(H,38,45)(H,39,44)(H2,40,41,47)/t24?,25?,26?,27?,28-/m0/s1. The van der Waals surface area contributed by atoms with Gasteiger partial charge in [0, 0.05) is 13.0 Å². The molecule has 0 radical (unpaired) electrons. The molecule has 5 amide bonds. The van der Waals surface area contributed by atoms with Gasteiger partial charge in [0.1, 0.15) is 12.1 Å². The minimum absolute atomic E-state index is 0.0122. The quantitative estimate of drug-likeness (QED) is 0.168. The van der Waals surface area contributed by atoms with Crippen molar-refractivity contribution in [1.29, 1.82) is 0 Å². The Morgan fingerprint density at radius 1 is 0.920 bits per heavy atom. The zero-order valence-corrected chi connectivity index (χ0v) is 31.8. The number of terminal acetylenes is 2. The van der Waals surface area contributed by atoms with Gasteiger partial charge in [0.2, 0.25) is 17.6 Å². The summed E-state index contributed by atoms with van der Waals surface area (Å²) >= 11 is 0. The maximum atomic E-state index is 14.4. The highest BCUT2D eigenvalue weighted by Gasteiger charge is 2.69. The predicted molar refractivity (Wildman–Crippen MR) is 192 cm³/mol. The first-order valence-corrected chi connectivity index (χ1v) is 19.3. The molecule has 1 saturated heterocycles. The van der Waals surface area contributed by atoms with E-state index in [9.17, 15) is 32.4 Å². The topological polar surface area (TPSA) is 171 Å². The van der Waals surface area contributed by atoms with Crippen LogP contribution in [0, 0.1) is 47.4 Å². The van der Waals surface area contributed by atoms with Crippen LogP contribution in [0.2, 0.25) is 0 Å². The molecule has 0 aromatic rings. The van der Waals surface area contributed by atoms with Gasteiger partial charge in [0.15, 0.2) is 9.84 Å². The fourth-order valence-electron chi connectivity index (χ4n) is 7.51. The molecule has 4 unspecified atom stereocenters. The van der Waals surface area contributed by atoms with E-state index in [-0.39, 0.29) is 55.4 Å². The smallest absolute Gasteiger partial charge is 0.315 e. The van der Waals surface area contributed by atoms with Gasteiger partial charge in [-0.25, -0.2) is 13.2 Å². The van der Waals surface area contributed by atoms with E-state index in [1.54, 1.807) is 20.8 Å². The van der Waals surface area contributed by atoms with Crippen molar-refractivity contribution < 1.29 is 32.4 Å². The molecule has 0 spiro atoms. The molecule has 3 rings (SSSR count). The number of carbonyl (C=O) groups excluding carboxylic acids is 5. The zero-order chi connectivity index (χ0) is 37.9. The molecule has 3 fully saturated rings. The maximum absolute atomic E-state index is 14.4. The third kappa shape index (κ3) is 9.60. The van der Waals surface area contributed by atoms with E-state index < -0.39 is 73.2 Å². The number of hydrogen-bond acceptors (Lipinski definition) is 7. The summed E-state index contributed by atoms with van der Waals surface area (Å²) in [4.78, 5) is 69.2. The lowest BCUT2D eigenvalue weighted by Crippen LogP contribution is -2.62. The van der Waals surface area contributed by atoms with Gasteiger partial charge in [-0.15, -0.1) is 18.8 Å². The van der Waals surface area contributed by atoms with Gasteiger partial charge in [0.25, 0.3) is 5.91 Å². The van der Waals surface area contributed by atoms with Crippen LogP contribution < -0.4 is 21.3 Å². The highest BCUT2D eigenvalue weighted by atomic mass is 32.2. The second kappa shape index (κ2) is 15.3. The van der Waals surface area contributed by atoms with Crippen molar-refractivity contribution >= 4 is 39.4 Å². The zero-order valence-electron chi connectivity index (χ0n) is 31.0. The Kier molecular flexibility index (Phi) is 12.5. The van der Waals surface area contributed by atoms with Crippen LogP contribution in [-0.4, -0.2) is 90.1 Å². The van der Waals surface area contributed by atoms with Gasteiger partial charge in [-0.2, -0.15) is 0 Å². The summed E-state index contributed by atoms with van der Waals surface area (Å²) in [5.74, 6) is 1.40. The van der Waals surface area contributed by atoms with Crippen LogP contribution >= 0.6 is 0 Å². The van der Waals surface area contributed by atoms with Crippen molar-refractivity contribution in [3.8, 4) is 24.7 Å². The number of amides is 5. The minimum Gasteiger partial charge on any atom is -0.344 e. The molecule has 12 nitrogen and oxygen atoms in total. The Hall–Kier alpha value is -3.58. The van der Waals surface area contributed by atoms with Crippen LogP contribution in [0.25, 0.3) is 0 Å². The van der Waals surface area contributed by atoms with Crippen molar-refractivity contribution in [1.82, 2.24) is 26.2 Å². The van der Waals surface area contributed by atoms with Gasteiger partial charge in [0.05, 0.1) is 28.6 Å². The summed E-state index contributed by atoms with van der Waals surface area (Å²) in [5.41, 5.74) is -1.64. The molecule has 4 N–H and O–H groups in total. The molecule has 5 atom stereocenters. The molecule has 50 heavy (non-hydrogen) atoms. The number of sulfone groups is 1.